The minimum atomic E-state index is -2.70. The fourth-order valence-electron chi connectivity index (χ4n) is 4.17. The average Bonchev–Trinajstić information content (AvgIpc) is 3.16. The standard InChI is InChI=1S/C24H27NO5S.CH2N2O3S/c1-13-14(2)21-18(15(3)20(13)26)9-10-24(4,30-21)12-29-17-7-5-16(6-8-17)11-19-22(27)25-23(28)31-19;2-1(4)3-7(5)6/h5-8,19,26H,9-12H2,1-4H3,(H,25,27,28);(H2,2,4). The number of amides is 4. The quantitative estimate of drug-likeness (QED) is 0.492. The molecule has 2 heterocycles. The molecule has 2 aliphatic heterocycles. The van der Waals surface area contributed by atoms with Crippen LogP contribution in [0.2, 0.25) is 0 Å². The van der Waals surface area contributed by atoms with E-state index in [0.717, 1.165) is 63.9 Å². The van der Waals surface area contributed by atoms with Crippen molar-refractivity contribution in [2.24, 2.45) is 10.1 Å². The summed E-state index contributed by atoms with van der Waals surface area (Å²) in [7, 11) is -2.70. The van der Waals surface area contributed by atoms with Crippen molar-refractivity contribution in [2.75, 3.05) is 6.61 Å². The molecular formula is C25H29N3O8S2. The van der Waals surface area contributed by atoms with E-state index < -0.39 is 22.1 Å². The Balaban J connectivity index is 0.000000505. The second kappa shape index (κ2) is 11.9. The molecule has 2 aromatic rings. The number of hydrogen-bond acceptors (Lipinski definition) is 9. The van der Waals surface area contributed by atoms with E-state index in [4.69, 9.17) is 9.47 Å². The van der Waals surface area contributed by atoms with Crippen LogP contribution >= 0.6 is 11.8 Å². The molecule has 4 N–H and O–H groups in total. The molecule has 0 spiro atoms. The van der Waals surface area contributed by atoms with Crippen LogP contribution in [0.4, 0.5) is 9.59 Å². The van der Waals surface area contributed by atoms with Gasteiger partial charge >= 0.3 is 16.5 Å². The van der Waals surface area contributed by atoms with Crippen molar-refractivity contribution in [3.05, 3.63) is 52.1 Å². The van der Waals surface area contributed by atoms with Crippen LogP contribution in [-0.4, -0.2) is 48.2 Å². The lowest BCUT2D eigenvalue weighted by Gasteiger charge is -2.37. The zero-order valence-corrected chi connectivity index (χ0v) is 23.0. The fraction of sp³-hybridized carbons (Fsp3) is 0.400. The smallest absolute Gasteiger partial charge is 0.353 e. The maximum atomic E-state index is 11.7. The number of ether oxygens (including phenoxy) is 2. The van der Waals surface area contributed by atoms with Crippen molar-refractivity contribution in [3.8, 4) is 17.2 Å². The van der Waals surface area contributed by atoms with Gasteiger partial charge in [0.05, 0.1) is 5.25 Å². The number of nitrogens with two attached hydrogens (primary N) is 1. The number of fused-ring (bicyclic) bond motifs is 1. The molecule has 0 aliphatic carbocycles. The number of rotatable bonds is 5. The molecule has 1 fully saturated rings. The van der Waals surface area contributed by atoms with Crippen LogP contribution in [0.15, 0.2) is 28.6 Å². The Labute approximate surface area is 225 Å². The average molecular weight is 564 g/mol. The summed E-state index contributed by atoms with van der Waals surface area (Å²) in [5.41, 5.74) is 8.61. The van der Waals surface area contributed by atoms with E-state index in [1.54, 1.807) is 0 Å². The lowest BCUT2D eigenvalue weighted by Crippen LogP contribution is -2.42. The number of carbonyl (C=O) groups is 3. The van der Waals surface area contributed by atoms with Gasteiger partial charge in [-0.3, -0.25) is 14.9 Å². The van der Waals surface area contributed by atoms with Gasteiger partial charge in [0.15, 0.2) is 0 Å². The van der Waals surface area contributed by atoms with Gasteiger partial charge in [-0.25, -0.2) is 4.79 Å². The molecule has 4 amide bonds. The highest BCUT2D eigenvalue weighted by atomic mass is 32.2. The predicted octanol–water partition coefficient (Wildman–Crippen LogP) is 3.50. The van der Waals surface area contributed by atoms with Gasteiger partial charge in [-0.05, 0) is 81.3 Å². The largest absolute Gasteiger partial charge is 0.507 e. The lowest BCUT2D eigenvalue weighted by atomic mass is 9.87. The van der Waals surface area contributed by atoms with Crippen LogP contribution in [0.3, 0.4) is 0 Å². The number of hydrogen-bond donors (Lipinski definition) is 3. The molecule has 4 rings (SSSR count). The van der Waals surface area contributed by atoms with Crippen LogP contribution in [-0.2, 0) is 28.1 Å². The van der Waals surface area contributed by atoms with Crippen molar-refractivity contribution >= 4 is 39.4 Å². The first-order chi connectivity index (χ1) is 17.8. The Kier molecular flexibility index (Phi) is 9.05. The van der Waals surface area contributed by atoms with Crippen LogP contribution < -0.4 is 20.5 Å². The summed E-state index contributed by atoms with van der Waals surface area (Å²) in [5, 5.41) is 12.0. The van der Waals surface area contributed by atoms with E-state index in [2.05, 4.69) is 15.4 Å². The molecule has 38 heavy (non-hydrogen) atoms. The highest BCUT2D eigenvalue weighted by Crippen LogP contribution is 2.43. The van der Waals surface area contributed by atoms with Gasteiger partial charge < -0.3 is 20.3 Å². The monoisotopic (exact) mass is 563 g/mol. The number of aromatic hydroxyl groups is 1. The Morgan fingerprint density at radius 1 is 1.21 bits per heavy atom. The van der Waals surface area contributed by atoms with E-state index in [9.17, 15) is 27.9 Å². The molecule has 11 nitrogen and oxygen atoms in total. The van der Waals surface area contributed by atoms with Gasteiger partial charge in [0.1, 0.15) is 29.5 Å². The maximum Gasteiger partial charge on any atom is 0.353 e. The summed E-state index contributed by atoms with van der Waals surface area (Å²) >= 11 is 1.04. The number of primary amides is 1. The molecule has 0 radical (unpaired) electrons. The van der Waals surface area contributed by atoms with Crippen molar-refractivity contribution in [1.29, 1.82) is 0 Å². The Bertz CT molecular complexity index is 1400. The SMILES string of the molecule is Cc1c(C)c2c(c(C)c1O)CCC(C)(COc1ccc(CC3SC(=O)NC3=O)cc1)O2.NC(=O)N=S(=O)=O. The minimum Gasteiger partial charge on any atom is -0.507 e. The number of nitrogens with zero attached hydrogens (tertiary/aromatic N) is 1. The fourth-order valence-corrected chi connectivity index (χ4v) is 5.18. The third-order valence-corrected chi connectivity index (χ3v) is 7.72. The summed E-state index contributed by atoms with van der Waals surface area (Å²) in [6, 6.07) is 6.41. The van der Waals surface area contributed by atoms with Crippen molar-refractivity contribution in [1.82, 2.24) is 5.32 Å². The predicted molar refractivity (Wildman–Crippen MR) is 141 cm³/mol. The summed E-state index contributed by atoms with van der Waals surface area (Å²) in [6.07, 6.45) is 2.13. The topological polar surface area (TPSA) is 174 Å². The number of imide groups is 1. The highest BCUT2D eigenvalue weighted by Gasteiger charge is 2.35. The normalized spacial score (nSPS) is 19.8. The second-order valence-electron chi connectivity index (χ2n) is 9.25. The zero-order valence-electron chi connectivity index (χ0n) is 21.4. The van der Waals surface area contributed by atoms with E-state index in [0.29, 0.717) is 18.8 Å². The van der Waals surface area contributed by atoms with Gasteiger partial charge in [0.25, 0.3) is 5.24 Å². The molecule has 0 saturated carbocycles. The van der Waals surface area contributed by atoms with Crippen molar-refractivity contribution in [3.63, 3.8) is 0 Å². The number of carbonyl (C=O) groups excluding carboxylic acids is 3. The first-order valence-corrected chi connectivity index (χ1v) is 13.5. The molecule has 2 atom stereocenters. The highest BCUT2D eigenvalue weighted by molar-refractivity contribution is 8.15. The van der Waals surface area contributed by atoms with E-state index in [1.807, 2.05) is 52.0 Å². The summed E-state index contributed by atoms with van der Waals surface area (Å²) in [4.78, 5) is 32.5. The molecule has 1 saturated heterocycles. The summed E-state index contributed by atoms with van der Waals surface area (Å²) in [6.45, 7) is 8.28. The lowest BCUT2D eigenvalue weighted by molar-refractivity contribution is -0.118. The summed E-state index contributed by atoms with van der Waals surface area (Å²) in [5.74, 6) is 1.72. The number of phenolic OH excluding ortho intramolecular Hbond substituents is 1. The van der Waals surface area contributed by atoms with E-state index >= 15 is 0 Å². The van der Waals surface area contributed by atoms with Crippen LogP contribution in [0, 0.1) is 20.8 Å². The number of nitrogens with one attached hydrogen (secondary N) is 1. The van der Waals surface area contributed by atoms with Crippen LogP contribution in [0.5, 0.6) is 17.2 Å². The van der Waals surface area contributed by atoms with Gasteiger partial charge in [0, 0.05) is 5.56 Å². The molecular weight excluding hydrogens is 534 g/mol. The first-order valence-electron chi connectivity index (χ1n) is 11.6. The van der Waals surface area contributed by atoms with E-state index in [1.165, 1.54) is 0 Å². The number of urea groups is 1. The van der Waals surface area contributed by atoms with E-state index in [-0.39, 0.29) is 16.4 Å². The molecule has 2 unspecified atom stereocenters. The summed E-state index contributed by atoms with van der Waals surface area (Å²) < 4.78 is 33.5. The first kappa shape index (κ1) is 29.0. The molecule has 204 valence electrons. The van der Waals surface area contributed by atoms with Gasteiger partial charge in [-0.2, -0.15) is 8.42 Å². The number of thioether (sulfide) groups is 1. The molecule has 2 aliphatic rings. The molecule has 13 heteroatoms. The maximum absolute atomic E-state index is 11.7. The second-order valence-corrected chi connectivity index (χ2v) is 11.0. The molecule has 0 bridgehead atoms. The number of benzene rings is 2. The molecule has 2 aromatic carbocycles. The molecule has 0 aromatic heterocycles. The zero-order chi connectivity index (χ0) is 28.2. The minimum absolute atomic E-state index is 0.230. The van der Waals surface area contributed by atoms with Gasteiger partial charge in [-0.15, -0.1) is 0 Å². The Morgan fingerprint density at radius 3 is 2.39 bits per heavy atom. The van der Waals surface area contributed by atoms with Gasteiger partial charge in [-0.1, -0.05) is 28.3 Å². The van der Waals surface area contributed by atoms with Crippen LogP contribution in [0.25, 0.3) is 0 Å². The third-order valence-electron chi connectivity index (χ3n) is 6.41. The van der Waals surface area contributed by atoms with Crippen molar-refractivity contribution < 1.29 is 37.4 Å². The Morgan fingerprint density at radius 2 is 1.87 bits per heavy atom. The van der Waals surface area contributed by atoms with Gasteiger partial charge in [0.2, 0.25) is 5.91 Å². The number of phenols is 1. The van der Waals surface area contributed by atoms with Crippen molar-refractivity contribution in [2.45, 2.75) is 57.8 Å². The van der Waals surface area contributed by atoms with Crippen LogP contribution in [0.1, 0.15) is 41.2 Å². The third kappa shape index (κ3) is 7.04. The Hall–Kier alpha value is -3.58.